The van der Waals surface area contributed by atoms with Crippen molar-refractivity contribution in [3.05, 3.63) is 29.6 Å². The van der Waals surface area contributed by atoms with E-state index in [0.29, 0.717) is 23.1 Å². The van der Waals surface area contributed by atoms with Crippen LogP contribution in [0.15, 0.2) is 18.3 Å². The molecule has 0 fully saturated rings. The van der Waals surface area contributed by atoms with E-state index in [9.17, 15) is 14.4 Å². The van der Waals surface area contributed by atoms with Crippen molar-refractivity contribution in [3.63, 3.8) is 0 Å². The lowest BCUT2D eigenvalue weighted by Gasteiger charge is -2.25. The molecule has 0 bridgehead atoms. The van der Waals surface area contributed by atoms with Gasteiger partial charge in [-0.2, -0.15) is 0 Å². The van der Waals surface area contributed by atoms with Crippen molar-refractivity contribution in [2.75, 3.05) is 31.6 Å². The Morgan fingerprint density at radius 2 is 1.86 bits per heavy atom. The van der Waals surface area contributed by atoms with Gasteiger partial charge in [0.2, 0.25) is 5.91 Å². The highest BCUT2D eigenvalue weighted by Crippen LogP contribution is 2.31. The summed E-state index contributed by atoms with van der Waals surface area (Å²) in [6, 6.07) is 3.19. The molecule has 35 heavy (non-hydrogen) atoms. The van der Waals surface area contributed by atoms with Crippen LogP contribution >= 0.6 is 0 Å². The minimum atomic E-state index is -1.57. The van der Waals surface area contributed by atoms with Crippen LogP contribution in [-0.2, 0) is 17.6 Å². The van der Waals surface area contributed by atoms with Crippen LogP contribution in [0.4, 0.5) is 15.4 Å². The molecule has 0 saturated carbocycles. The third kappa shape index (κ3) is 6.78. The van der Waals surface area contributed by atoms with Crippen molar-refractivity contribution in [3.8, 4) is 17.3 Å². The number of anilines is 1. The molecule has 2 heterocycles. The fourth-order valence-electron chi connectivity index (χ4n) is 3.74. The van der Waals surface area contributed by atoms with E-state index in [4.69, 9.17) is 19.9 Å². The van der Waals surface area contributed by atoms with Crippen LogP contribution in [-0.4, -0.2) is 80.4 Å². The normalized spacial score (nSPS) is 12.6. The summed E-state index contributed by atoms with van der Waals surface area (Å²) in [5.74, 6) is 1.32. The predicted octanol–water partition coefficient (Wildman–Crippen LogP) is 2.42. The Kier molecular flexibility index (Phi) is 7.72. The van der Waals surface area contributed by atoms with E-state index in [-0.39, 0.29) is 36.0 Å². The maximum absolute atomic E-state index is 12.5. The fourth-order valence-corrected chi connectivity index (χ4v) is 3.74. The van der Waals surface area contributed by atoms with E-state index in [2.05, 4.69) is 15.3 Å². The molecule has 0 spiro atoms. The number of ether oxygens (including phenoxy) is 1. The van der Waals surface area contributed by atoms with Crippen LogP contribution in [0, 0.1) is 0 Å². The molecule has 1 aliphatic carbocycles. The monoisotopic (exact) mass is 486 g/mol. The van der Waals surface area contributed by atoms with Gasteiger partial charge in [0.05, 0.1) is 13.1 Å². The Hall–Kier alpha value is -3.96. The largest absolute Gasteiger partial charge is 0.492 e. The summed E-state index contributed by atoms with van der Waals surface area (Å²) >= 11 is 0. The van der Waals surface area contributed by atoms with Crippen molar-refractivity contribution < 1.29 is 29.3 Å². The molecular formula is C23H30N6O6. The summed E-state index contributed by atoms with van der Waals surface area (Å²) in [5, 5.41) is 20.8. The molecule has 0 unspecified atom stereocenters. The van der Waals surface area contributed by atoms with E-state index in [1.165, 1.54) is 6.20 Å². The van der Waals surface area contributed by atoms with Gasteiger partial charge in [0.25, 0.3) is 0 Å². The second-order valence-corrected chi connectivity index (χ2v) is 9.25. The first-order valence-corrected chi connectivity index (χ1v) is 11.2. The highest BCUT2D eigenvalue weighted by atomic mass is 16.5. The fraction of sp³-hybridized carbons (Fsp3) is 0.478. The number of nitrogens with one attached hydrogen (secondary N) is 1. The molecule has 0 radical (unpaired) electrons. The SMILES string of the molecule is CN(CC(=O)NC(C)(C)C)c1nc(-c2cc(OCCN(C(=O)O)C(=O)O)ccn2)nc2c1CCC2. The molecule has 188 valence electrons. The standard InChI is InChI=1S/C23H30N6O6/c1-23(2,3)27-18(30)13-28(4)20-15-6-5-7-16(15)25-19(26-20)17-12-14(8-9-24-17)35-11-10-29(21(31)32)22(33)34/h8-9,12H,5-7,10-11,13H2,1-4H3,(H,27,30)(H,31,32)(H,33,34). The molecule has 12 nitrogen and oxygen atoms in total. The van der Waals surface area contributed by atoms with Crippen LogP contribution < -0.4 is 15.0 Å². The number of likely N-dealkylation sites (N-methyl/N-ethyl adjacent to an activating group) is 1. The summed E-state index contributed by atoms with van der Waals surface area (Å²) in [4.78, 5) is 50.2. The molecule has 0 atom stereocenters. The predicted molar refractivity (Wildman–Crippen MR) is 127 cm³/mol. The number of carbonyl (C=O) groups excluding carboxylic acids is 1. The van der Waals surface area contributed by atoms with E-state index >= 15 is 0 Å². The molecule has 1 aliphatic rings. The Bertz CT molecular complexity index is 1100. The Morgan fingerprint density at radius 3 is 2.51 bits per heavy atom. The quantitative estimate of drug-likeness (QED) is 0.506. The molecule has 0 aromatic carbocycles. The van der Waals surface area contributed by atoms with Crippen molar-refractivity contribution in [1.82, 2.24) is 25.2 Å². The number of imide groups is 1. The van der Waals surface area contributed by atoms with Gasteiger partial charge in [-0.1, -0.05) is 0 Å². The summed E-state index contributed by atoms with van der Waals surface area (Å²) in [6.07, 6.45) is 0.940. The molecular weight excluding hydrogens is 456 g/mol. The number of aromatic nitrogens is 3. The number of aryl methyl sites for hydroxylation is 1. The first-order valence-electron chi connectivity index (χ1n) is 11.2. The van der Waals surface area contributed by atoms with Gasteiger partial charge in [-0.3, -0.25) is 9.78 Å². The van der Waals surface area contributed by atoms with E-state index in [1.807, 2.05) is 32.7 Å². The zero-order valence-electron chi connectivity index (χ0n) is 20.2. The van der Waals surface area contributed by atoms with Crippen LogP contribution in [0.5, 0.6) is 5.75 Å². The van der Waals surface area contributed by atoms with Crippen molar-refractivity contribution in [2.24, 2.45) is 0 Å². The van der Waals surface area contributed by atoms with Crippen molar-refractivity contribution >= 4 is 23.9 Å². The Morgan fingerprint density at radius 1 is 1.14 bits per heavy atom. The average molecular weight is 487 g/mol. The summed E-state index contributed by atoms with van der Waals surface area (Å²) in [7, 11) is 1.82. The number of carbonyl (C=O) groups is 3. The zero-order valence-corrected chi connectivity index (χ0v) is 20.2. The third-order valence-corrected chi connectivity index (χ3v) is 5.17. The maximum Gasteiger partial charge on any atom is 0.416 e. The second-order valence-electron chi connectivity index (χ2n) is 9.25. The zero-order chi connectivity index (χ0) is 25.8. The average Bonchev–Trinajstić information content (AvgIpc) is 3.23. The minimum Gasteiger partial charge on any atom is -0.492 e. The number of hydrogen-bond acceptors (Lipinski definition) is 8. The smallest absolute Gasteiger partial charge is 0.416 e. The molecule has 3 amide bonds. The number of carboxylic acid groups (broad SMARTS) is 2. The topological polar surface area (TPSA) is 158 Å². The van der Waals surface area contributed by atoms with Gasteiger partial charge in [0.1, 0.15) is 23.9 Å². The van der Waals surface area contributed by atoms with Gasteiger partial charge in [-0.15, -0.1) is 0 Å². The lowest BCUT2D eigenvalue weighted by molar-refractivity contribution is -0.121. The van der Waals surface area contributed by atoms with Gasteiger partial charge in [0, 0.05) is 36.1 Å². The van der Waals surface area contributed by atoms with Crippen LogP contribution in [0.2, 0.25) is 0 Å². The van der Waals surface area contributed by atoms with E-state index < -0.39 is 12.2 Å². The van der Waals surface area contributed by atoms with Crippen LogP contribution in [0.3, 0.4) is 0 Å². The molecule has 3 rings (SSSR count). The Labute approximate surface area is 203 Å². The molecule has 0 saturated heterocycles. The van der Waals surface area contributed by atoms with Crippen LogP contribution in [0.1, 0.15) is 38.4 Å². The third-order valence-electron chi connectivity index (χ3n) is 5.17. The van der Waals surface area contributed by atoms with Crippen molar-refractivity contribution in [2.45, 2.75) is 45.6 Å². The lowest BCUT2D eigenvalue weighted by atomic mass is 10.1. The first-order chi connectivity index (χ1) is 16.4. The van der Waals surface area contributed by atoms with Crippen LogP contribution in [0.25, 0.3) is 11.5 Å². The number of fused-ring (bicyclic) bond motifs is 1. The molecule has 2 aromatic rings. The molecule has 0 aliphatic heterocycles. The van der Waals surface area contributed by atoms with E-state index in [0.717, 1.165) is 30.5 Å². The van der Waals surface area contributed by atoms with Gasteiger partial charge in [-0.25, -0.2) is 24.5 Å². The number of hydrogen-bond donors (Lipinski definition) is 3. The second kappa shape index (κ2) is 10.5. The van der Waals surface area contributed by atoms with Crippen molar-refractivity contribution in [1.29, 1.82) is 0 Å². The number of pyridine rings is 1. The van der Waals surface area contributed by atoms with Gasteiger partial charge < -0.3 is 25.2 Å². The van der Waals surface area contributed by atoms with E-state index in [1.54, 1.807) is 12.1 Å². The van der Waals surface area contributed by atoms with Gasteiger partial charge >= 0.3 is 12.2 Å². The van der Waals surface area contributed by atoms with Gasteiger partial charge in [-0.05, 0) is 46.1 Å². The Balaban J connectivity index is 1.79. The first kappa shape index (κ1) is 25.7. The maximum atomic E-state index is 12.5. The number of rotatable bonds is 8. The summed E-state index contributed by atoms with van der Waals surface area (Å²) < 4.78 is 5.54. The lowest BCUT2D eigenvalue weighted by Crippen LogP contribution is -2.45. The summed E-state index contributed by atoms with van der Waals surface area (Å²) in [6.45, 7) is 5.40. The highest BCUT2D eigenvalue weighted by Gasteiger charge is 2.24. The number of amides is 3. The molecule has 3 N–H and O–H groups in total. The minimum absolute atomic E-state index is 0.114. The highest BCUT2D eigenvalue weighted by molar-refractivity contribution is 5.85. The summed E-state index contributed by atoms with van der Waals surface area (Å²) in [5.41, 5.74) is 2.04. The molecule has 2 aromatic heterocycles. The molecule has 12 heteroatoms. The van der Waals surface area contributed by atoms with Gasteiger partial charge in [0.15, 0.2) is 5.82 Å². The number of nitrogens with zero attached hydrogens (tertiary/aromatic N) is 5.